The smallest absolute Gasteiger partial charge is 0.303 e. The largest absolute Gasteiger partial charge is 0.481 e. The van der Waals surface area contributed by atoms with Gasteiger partial charge in [0.25, 0.3) is 0 Å². The molecule has 3 heteroatoms. The molecule has 3 nitrogen and oxygen atoms in total. The van der Waals surface area contributed by atoms with Crippen LogP contribution >= 0.6 is 0 Å². The number of allylic oxidation sites excluding steroid dienone is 1. The van der Waals surface area contributed by atoms with Crippen molar-refractivity contribution in [2.75, 3.05) is 0 Å². The number of aliphatic carboxylic acids is 1. The number of hydrogen-bond donors (Lipinski definition) is 2. The van der Waals surface area contributed by atoms with Gasteiger partial charge in [-0.2, -0.15) is 0 Å². The Bertz CT molecular complexity index is 638. The van der Waals surface area contributed by atoms with Gasteiger partial charge < -0.3 is 10.2 Å². The molecule has 0 aliphatic heterocycles. The topological polar surface area (TPSA) is 57.5 Å². The maximum absolute atomic E-state index is 10.7. The molecular formula is C25H36O3. The number of benzene rings is 1. The second kappa shape index (κ2) is 10.2. The molecule has 2 aliphatic carbocycles. The number of hydrogen-bond acceptors (Lipinski definition) is 2. The molecule has 1 aromatic carbocycles. The molecule has 0 amide bonds. The number of aliphatic hydroxyl groups is 1. The van der Waals surface area contributed by atoms with Crippen LogP contribution in [-0.2, 0) is 4.79 Å². The van der Waals surface area contributed by atoms with Gasteiger partial charge in [0.1, 0.15) is 0 Å². The van der Waals surface area contributed by atoms with Gasteiger partial charge in [0, 0.05) is 12.3 Å². The molecule has 0 spiro atoms. The molecule has 154 valence electrons. The lowest BCUT2D eigenvalue weighted by atomic mass is 9.76. The first kappa shape index (κ1) is 21.1. The minimum Gasteiger partial charge on any atom is -0.481 e. The summed E-state index contributed by atoms with van der Waals surface area (Å²) < 4.78 is 0. The number of unbranched alkanes of at least 4 members (excludes halogenated alkanes) is 3. The van der Waals surface area contributed by atoms with E-state index in [0.717, 1.165) is 37.0 Å². The lowest BCUT2D eigenvalue weighted by molar-refractivity contribution is -0.137. The third kappa shape index (κ3) is 5.47. The van der Waals surface area contributed by atoms with Gasteiger partial charge in [0.15, 0.2) is 0 Å². The number of carboxylic acid groups (broad SMARTS) is 1. The highest BCUT2D eigenvalue weighted by Gasteiger charge is 2.45. The Morgan fingerprint density at radius 1 is 1.11 bits per heavy atom. The van der Waals surface area contributed by atoms with Crippen molar-refractivity contribution in [2.45, 2.75) is 76.7 Å². The fourth-order valence-corrected chi connectivity index (χ4v) is 5.56. The summed E-state index contributed by atoms with van der Waals surface area (Å²) in [5.41, 5.74) is 1.19. The molecule has 2 bridgehead atoms. The van der Waals surface area contributed by atoms with Crippen molar-refractivity contribution in [3.63, 3.8) is 0 Å². The van der Waals surface area contributed by atoms with E-state index in [9.17, 15) is 9.90 Å². The fourth-order valence-electron chi connectivity index (χ4n) is 5.56. The third-order valence-corrected chi connectivity index (χ3v) is 7.20. The third-order valence-electron chi connectivity index (χ3n) is 7.20. The van der Waals surface area contributed by atoms with Gasteiger partial charge in [0.05, 0.1) is 6.10 Å². The standard InChI is InChI=1S/C25H36O3/c1-18(19-9-5-4-6-10-19)24(26)16-15-23-21-14-13-20(17-21)22(23)11-7-2-3-8-12-25(27)28/h4-6,9-10,15-16,18,20-24,26H,2-3,7-8,11-14,17H2,1H3,(H,27,28)/b16-15-. The highest BCUT2D eigenvalue weighted by Crippen LogP contribution is 2.54. The van der Waals surface area contributed by atoms with Gasteiger partial charge in [-0.3, -0.25) is 4.79 Å². The molecule has 2 N–H and O–H groups in total. The zero-order valence-corrected chi connectivity index (χ0v) is 17.2. The Morgan fingerprint density at radius 3 is 2.57 bits per heavy atom. The van der Waals surface area contributed by atoms with Crippen molar-refractivity contribution in [1.29, 1.82) is 0 Å². The van der Waals surface area contributed by atoms with Gasteiger partial charge in [-0.05, 0) is 61.3 Å². The fraction of sp³-hybridized carbons (Fsp3) is 0.640. The minimum absolute atomic E-state index is 0.115. The summed E-state index contributed by atoms with van der Waals surface area (Å²) in [5, 5.41) is 19.4. The van der Waals surface area contributed by atoms with Gasteiger partial charge in [-0.15, -0.1) is 0 Å². The average molecular weight is 385 g/mol. The first-order valence-corrected chi connectivity index (χ1v) is 11.2. The first-order chi connectivity index (χ1) is 13.6. The van der Waals surface area contributed by atoms with Crippen molar-refractivity contribution in [1.82, 2.24) is 0 Å². The lowest BCUT2D eigenvalue weighted by Crippen LogP contribution is -2.22. The van der Waals surface area contributed by atoms with E-state index in [0.29, 0.717) is 12.3 Å². The molecule has 0 aromatic heterocycles. The summed E-state index contributed by atoms with van der Waals surface area (Å²) in [6.45, 7) is 2.10. The molecule has 28 heavy (non-hydrogen) atoms. The molecule has 6 atom stereocenters. The minimum atomic E-state index is -0.679. The first-order valence-electron chi connectivity index (χ1n) is 11.2. The molecule has 2 fully saturated rings. The van der Waals surface area contributed by atoms with E-state index in [1.165, 1.54) is 37.7 Å². The molecule has 1 aromatic rings. The van der Waals surface area contributed by atoms with Crippen molar-refractivity contribution in [2.24, 2.45) is 23.7 Å². The number of carbonyl (C=O) groups is 1. The van der Waals surface area contributed by atoms with E-state index >= 15 is 0 Å². The molecule has 2 saturated carbocycles. The average Bonchev–Trinajstić information content (AvgIpc) is 3.30. The van der Waals surface area contributed by atoms with Crippen LogP contribution in [0.4, 0.5) is 0 Å². The van der Waals surface area contributed by atoms with Crippen molar-refractivity contribution >= 4 is 5.97 Å². The van der Waals surface area contributed by atoms with E-state index in [-0.39, 0.29) is 5.92 Å². The molecule has 3 rings (SSSR count). The van der Waals surface area contributed by atoms with Crippen LogP contribution in [0.3, 0.4) is 0 Å². The number of aliphatic hydroxyl groups excluding tert-OH is 1. The Hall–Kier alpha value is -1.61. The maximum Gasteiger partial charge on any atom is 0.303 e. The van der Waals surface area contributed by atoms with Crippen LogP contribution < -0.4 is 0 Å². The zero-order valence-electron chi connectivity index (χ0n) is 17.2. The Labute approximate surface area is 169 Å². The second-order valence-corrected chi connectivity index (χ2v) is 9.00. The number of carboxylic acids is 1. The Balaban J connectivity index is 1.50. The SMILES string of the molecule is CC(c1ccccc1)C(O)/C=C\C1C2CCC(C2)C1CCCCCCC(=O)O. The molecule has 0 heterocycles. The van der Waals surface area contributed by atoms with Gasteiger partial charge in [0.2, 0.25) is 0 Å². The van der Waals surface area contributed by atoms with Gasteiger partial charge in [-0.1, -0.05) is 68.7 Å². The lowest BCUT2D eigenvalue weighted by Gasteiger charge is -2.29. The van der Waals surface area contributed by atoms with Crippen LogP contribution in [0.2, 0.25) is 0 Å². The summed E-state index contributed by atoms with van der Waals surface area (Å²) in [7, 11) is 0. The van der Waals surface area contributed by atoms with Crippen LogP contribution in [0, 0.1) is 23.7 Å². The van der Waals surface area contributed by atoms with Gasteiger partial charge >= 0.3 is 5.97 Å². The van der Waals surface area contributed by atoms with E-state index in [4.69, 9.17) is 5.11 Å². The summed E-state index contributed by atoms with van der Waals surface area (Å²) in [5.74, 6) is 2.48. The van der Waals surface area contributed by atoms with Crippen LogP contribution in [0.25, 0.3) is 0 Å². The predicted octanol–water partition coefficient (Wildman–Crippen LogP) is 5.79. The van der Waals surface area contributed by atoms with E-state index in [2.05, 4.69) is 31.2 Å². The normalized spacial score (nSPS) is 28.6. The number of rotatable bonds is 11. The van der Waals surface area contributed by atoms with Crippen LogP contribution in [0.5, 0.6) is 0 Å². The summed E-state index contributed by atoms with van der Waals surface area (Å²) in [6, 6.07) is 10.3. The molecule has 2 aliphatic rings. The zero-order chi connectivity index (χ0) is 19.9. The van der Waals surface area contributed by atoms with Crippen LogP contribution in [0.15, 0.2) is 42.5 Å². The highest BCUT2D eigenvalue weighted by molar-refractivity contribution is 5.66. The predicted molar refractivity (Wildman–Crippen MR) is 113 cm³/mol. The quantitative estimate of drug-likeness (QED) is 0.375. The van der Waals surface area contributed by atoms with Crippen LogP contribution in [0.1, 0.15) is 76.2 Å². The highest BCUT2D eigenvalue weighted by atomic mass is 16.4. The van der Waals surface area contributed by atoms with E-state index in [1.54, 1.807) is 0 Å². The molecular weight excluding hydrogens is 348 g/mol. The molecule has 6 unspecified atom stereocenters. The van der Waals surface area contributed by atoms with Gasteiger partial charge in [-0.25, -0.2) is 0 Å². The molecule has 0 radical (unpaired) electrons. The van der Waals surface area contributed by atoms with Crippen molar-refractivity contribution in [3.05, 3.63) is 48.0 Å². The Morgan fingerprint density at radius 2 is 1.82 bits per heavy atom. The van der Waals surface area contributed by atoms with Crippen LogP contribution in [-0.4, -0.2) is 22.3 Å². The van der Waals surface area contributed by atoms with Crippen molar-refractivity contribution < 1.29 is 15.0 Å². The second-order valence-electron chi connectivity index (χ2n) is 9.00. The van der Waals surface area contributed by atoms with Crippen molar-refractivity contribution in [3.8, 4) is 0 Å². The summed E-state index contributed by atoms with van der Waals surface area (Å²) in [4.78, 5) is 10.6. The maximum atomic E-state index is 10.7. The number of fused-ring (bicyclic) bond motifs is 2. The summed E-state index contributed by atoms with van der Waals surface area (Å²) >= 11 is 0. The van der Waals surface area contributed by atoms with E-state index in [1.807, 2.05) is 18.2 Å². The van der Waals surface area contributed by atoms with E-state index < -0.39 is 12.1 Å². The summed E-state index contributed by atoms with van der Waals surface area (Å²) in [6.07, 6.45) is 13.8. The monoisotopic (exact) mass is 384 g/mol. The Kier molecular flexibility index (Phi) is 7.73. The molecule has 0 saturated heterocycles.